The molecule has 21 heavy (non-hydrogen) atoms. The van der Waals surface area contributed by atoms with Crippen LogP contribution in [-0.2, 0) is 11.3 Å². The lowest BCUT2D eigenvalue weighted by atomic mass is 10.1. The van der Waals surface area contributed by atoms with E-state index < -0.39 is 0 Å². The summed E-state index contributed by atoms with van der Waals surface area (Å²) in [6, 6.07) is 5.71. The summed E-state index contributed by atoms with van der Waals surface area (Å²) in [4.78, 5) is 14.0. The maximum absolute atomic E-state index is 11.9. The molecule has 0 aliphatic carbocycles. The minimum atomic E-state index is -0.202. The van der Waals surface area contributed by atoms with Crippen LogP contribution in [0.1, 0.15) is 33.3 Å². The second-order valence-electron chi connectivity index (χ2n) is 6.51. The van der Waals surface area contributed by atoms with Crippen LogP contribution in [0.15, 0.2) is 18.2 Å². The number of anilines is 1. The molecule has 1 aromatic carbocycles. The summed E-state index contributed by atoms with van der Waals surface area (Å²) in [7, 11) is 0. The maximum atomic E-state index is 11.9. The molecule has 1 saturated heterocycles. The molecule has 0 spiro atoms. The van der Waals surface area contributed by atoms with Crippen LogP contribution in [0.5, 0.6) is 0 Å². The van der Waals surface area contributed by atoms with E-state index in [1.165, 1.54) is 0 Å². The van der Waals surface area contributed by atoms with Gasteiger partial charge >= 0.3 is 0 Å². The van der Waals surface area contributed by atoms with Crippen molar-refractivity contribution in [2.45, 2.75) is 45.8 Å². The fourth-order valence-electron chi connectivity index (χ4n) is 2.47. The number of amides is 1. The van der Waals surface area contributed by atoms with Gasteiger partial charge in [0.05, 0.1) is 10.7 Å². The van der Waals surface area contributed by atoms with Crippen molar-refractivity contribution < 1.29 is 4.79 Å². The van der Waals surface area contributed by atoms with Gasteiger partial charge in [-0.15, -0.1) is 0 Å². The summed E-state index contributed by atoms with van der Waals surface area (Å²) in [6.45, 7) is 10.5. The third-order valence-corrected chi connectivity index (χ3v) is 3.97. The van der Waals surface area contributed by atoms with Crippen LogP contribution in [0.2, 0.25) is 5.02 Å². The number of rotatable bonds is 3. The van der Waals surface area contributed by atoms with Crippen LogP contribution in [0.3, 0.4) is 0 Å². The van der Waals surface area contributed by atoms with Gasteiger partial charge in [-0.2, -0.15) is 0 Å². The molecule has 116 valence electrons. The molecule has 1 heterocycles. The van der Waals surface area contributed by atoms with Gasteiger partial charge in [0.25, 0.3) is 0 Å². The van der Waals surface area contributed by atoms with Gasteiger partial charge in [-0.25, -0.2) is 0 Å². The van der Waals surface area contributed by atoms with Gasteiger partial charge in [-0.3, -0.25) is 4.79 Å². The van der Waals surface area contributed by atoms with Gasteiger partial charge in [0.15, 0.2) is 0 Å². The number of carbonyl (C=O) groups excluding carboxylic acids is 1. The zero-order valence-electron chi connectivity index (χ0n) is 13.2. The Hall–Kier alpha value is -1.26. The first-order valence-corrected chi connectivity index (χ1v) is 7.74. The van der Waals surface area contributed by atoms with Crippen molar-refractivity contribution >= 4 is 23.2 Å². The number of para-hydroxylation sites is 1. The third-order valence-electron chi connectivity index (χ3n) is 3.67. The van der Waals surface area contributed by atoms with Crippen LogP contribution in [0, 0.1) is 0 Å². The average molecular weight is 310 g/mol. The number of benzene rings is 1. The minimum Gasteiger partial charge on any atom is -0.357 e. The van der Waals surface area contributed by atoms with Crippen molar-refractivity contribution in [1.29, 1.82) is 0 Å². The smallest absolute Gasteiger partial charge is 0.242 e. The molecule has 0 aromatic heterocycles. The van der Waals surface area contributed by atoms with Gasteiger partial charge in [0.2, 0.25) is 5.91 Å². The number of piperazine rings is 1. The van der Waals surface area contributed by atoms with Crippen molar-refractivity contribution in [2.24, 2.45) is 0 Å². The Balaban J connectivity index is 2.31. The molecule has 1 aromatic rings. The lowest BCUT2D eigenvalue weighted by Crippen LogP contribution is -2.54. The first-order valence-electron chi connectivity index (χ1n) is 7.36. The van der Waals surface area contributed by atoms with Gasteiger partial charge in [-0.05, 0) is 39.3 Å². The molecule has 0 saturated carbocycles. The first-order chi connectivity index (χ1) is 9.79. The lowest BCUT2D eigenvalue weighted by Gasteiger charge is -2.37. The normalized spacial score (nSPS) is 19.6. The summed E-state index contributed by atoms with van der Waals surface area (Å²) in [5.74, 6) is 0.0518. The standard InChI is InChI=1S/C16H24ClN3O/c1-11-15(21)18-8-9-20(11)14-12(6-5-7-13(14)17)10-19-16(2,3)4/h5-7,11,19H,8-10H2,1-4H3,(H,18,21). The topological polar surface area (TPSA) is 44.4 Å². The summed E-state index contributed by atoms with van der Waals surface area (Å²) >= 11 is 6.42. The number of hydrogen-bond donors (Lipinski definition) is 2. The number of nitrogens with zero attached hydrogens (tertiary/aromatic N) is 1. The van der Waals surface area contributed by atoms with E-state index in [1.54, 1.807) is 0 Å². The van der Waals surface area contributed by atoms with Crippen LogP contribution in [-0.4, -0.2) is 30.6 Å². The van der Waals surface area contributed by atoms with E-state index in [0.29, 0.717) is 11.6 Å². The van der Waals surface area contributed by atoms with Gasteiger partial charge in [-0.1, -0.05) is 23.7 Å². The van der Waals surface area contributed by atoms with Crippen molar-refractivity contribution in [3.05, 3.63) is 28.8 Å². The molecule has 1 unspecified atom stereocenters. The predicted molar refractivity (Wildman–Crippen MR) is 87.9 cm³/mol. The summed E-state index contributed by atoms with van der Waals surface area (Å²) in [5, 5.41) is 7.07. The summed E-state index contributed by atoms with van der Waals surface area (Å²) < 4.78 is 0. The van der Waals surface area contributed by atoms with Crippen LogP contribution in [0.25, 0.3) is 0 Å². The molecular formula is C16H24ClN3O. The molecule has 2 rings (SSSR count). The predicted octanol–water partition coefficient (Wildman–Crippen LogP) is 2.55. The van der Waals surface area contributed by atoms with E-state index in [1.807, 2.05) is 19.1 Å². The lowest BCUT2D eigenvalue weighted by molar-refractivity contribution is -0.122. The van der Waals surface area contributed by atoms with Crippen molar-refractivity contribution in [1.82, 2.24) is 10.6 Å². The maximum Gasteiger partial charge on any atom is 0.242 e. The van der Waals surface area contributed by atoms with Crippen molar-refractivity contribution in [3.8, 4) is 0 Å². The first kappa shape index (κ1) is 16.1. The Bertz CT molecular complexity index is 525. The number of nitrogens with one attached hydrogen (secondary N) is 2. The zero-order valence-corrected chi connectivity index (χ0v) is 13.9. The zero-order chi connectivity index (χ0) is 15.6. The van der Waals surface area contributed by atoms with Gasteiger partial charge in [0.1, 0.15) is 6.04 Å². The van der Waals surface area contributed by atoms with Crippen LogP contribution >= 0.6 is 11.6 Å². The highest BCUT2D eigenvalue weighted by atomic mass is 35.5. The quantitative estimate of drug-likeness (QED) is 0.902. The van der Waals surface area contributed by atoms with E-state index in [-0.39, 0.29) is 17.5 Å². The summed E-state index contributed by atoms with van der Waals surface area (Å²) in [6.07, 6.45) is 0. The van der Waals surface area contributed by atoms with Crippen molar-refractivity contribution in [3.63, 3.8) is 0 Å². The third kappa shape index (κ3) is 3.89. The fraction of sp³-hybridized carbons (Fsp3) is 0.562. The second-order valence-corrected chi connectivity index (χ2v) is 6.92. The largest absolute Gasteiger partial charge is 0.357 e. The van der Waals surface area contributed by atoms with Crippen molar-refractivity contribution in [2.75, 3.05) is 18.0 Å². The van der Waals surface area contributed by atoms with Crippen LogP contribution in [0.4, 0.5) is 5.69 Å². The molecular weight excluding hydrogens is 286 g/mol. The molecule has 1 aliphatic rings. The Kier molecular flexibility index (Phi) is 4.79. The molecule has 0 bridgehead atoms. The summed E-state index contributed by atoms with van der Waals surface area (Å²) in [5.41, 5.74) is 2.13. The second kappa shape index (κ2) is 6.24. The molecule has 1 atom stereocenters. The number of halogens is 1. The van der Waals surface area contributed by atoms with E-state index in [9.17, 15) is 4.79 Å². The molecule has 1 amide bonds. The molecule has 5 heteroatoms. The van der Waals surface area contributed by atoms with E-state index >= 15 is 0 Å². The average Bonchev–Trinajstić information content (AvgIpc) is 2.39. The Morgan fingerprint density at radius 3 is 2.81 bits per heavy atom. The van der Waals surface area contributed by atoms with Gasteiger partial charge < -0.3 is 15.5 Å². The Morgan fingerprint density at radius 2 is 2.14 bits per heavy atom. The molecule has 2 N–H and O–H groups in total. The highest BCUT2D eigenvalue weighted by Crippen LogP contribution is 2.32. The molecule has 1 aliphatic heterocycles. The molecule has 4 nitrogen and oxygen atoms in total. The van der Waals surface area contributed by atoms with E-state index in [2.05, 4.69) is 42.4 Å². The van der Waals surface area contributed by atoms with Crippen LogP contribution < -0.4 is 15.5 Å². The highest BCUT2D eigenvalue weighted by molar-refractivity contribution is 6.33. The van der Waals surface area contributed by atoms with Gasteiger partial charge in [0, 0.05) is 25.2 Å². The number of hydrogen-bond acceptors (Lipinski definition) is 3. The van der Waals surface area contributed by atoms with E-state index in [0.717, 1.165) is 24.3 Å². The highest BCUT2D eigenvalue weighted by Gasteiger charge is 2.28. The molecule has 0 radical (unpaired) electrons. The number of carbonyl (C=O) groups is 1. The van der Waals surface area contributed by atoms with E-state index in [4.69, 9.17) is 11.6 Å². The Labute approximate surface area is 131 Å². The molecule has 1 fully saturated rings. The fourth-order valence-corrected chi connectivity index (χ4v) is 2.78. The monoisotopic (exact) mass is 309 g/mol. The SMILES string of the molecule is CC1C(=O)NCCN1c1c(Cl)cccc1CNC(C)(C)C. The Morgan fingerprint density at radius 1 is 1.43 bits per heavy atom. The minimum absolute atomic E-state index is 0.0322.